The number of aromatic nitrogens is 1. The van der Waals surface area contributed by atoms with Gasteiger partial charge in [-0.15, -0.1) is 0 Å². The zero-order valence-corrected chi connectivity index (χ0v) is 17.6. The number of hydrogen-bond acceptors (Lipinski definition) is 5. The molecule has 4 rings (SSSR count). The molecule has 8 heteroatoms. The van der Waals surface area contributed by atoms with Crippen molar-refractivity contribution in [2.45, 2.75) is 13.0 Å². The summed E-state index contributed by atoms with van der Waals surface area (Å²) in [4.78, 5) is 30.8. The van der Waals surface area contributed by atoms with E-state index in [1.165, 1.54) is 23.8 Å². The number of esters is 1. The standard InChI is InChI=1S/C22H16ClFN2O3S/c1-12-18(21(28)29-2)19(14-8-4-5-9-15(14)23)26-20(27)17(30-22(26)25-12)11-13-7-3-6-10-16(13)24/h3-11,19H,1-2H3/b17-11-/t19-/m0/s1. The van der Waals surface area contributed by atoms with Gasteiger partial charge in [0.2, 0.25) is 0 Å². The highest BCUT2D eigenvalue weighted by molar-refractivity contribution is 7.07. The number of ether oxygens (including phenoxy) is 1. The van der Waals surface area contributed by atoms with Gasteiger partial charge in [0.1, 0.15) is 11.9 Å². The molecule has 5 nitrogen and oxygen atoms in total. The van der Waals surface area contributed by atoms with E-state index in [1.807, 2.05) is 0 Å². The van der Waals surface area contributed by atoms with Crippen LogP contribution in [-0.2, 0) is 9.53 Å². The molecule has 2 heterocycles. The Morgan fingerprint density at radius 1 is 1.23 bits per heavy atom. The van der Waals surface area contributed by atoms with Crippen LogP contribution in [0.15, 0.2) is 69.6 Å². The Morgan fingerprint density at radius 3 is 2.63 bits per heavy atom. The van der Waals surface area contributed by atoms with Crippen molar-refractivity contribution in [1.29, 1.82) is 0 Å². The molecule has 0 amide bonds. The Morgan fingerprint density at radius 2 is 1.93 bits per heavy atom. The van der Waals surface area contributed by atoms with E-state index in [2.05, 4.69) is 4.99 Å². The quantitative estimate of drug-likeness (QED) is 0.585. The first-order valence-corrected chi connectivity index (χ1v) is 10.2. The van der Waals surface area contributed by atoms with Crippen molar-refractivity contribution in [3.63, 3.8) is 0 Å². The Labute approximate surface area is 180 Å². The normalized spacial score (nSPS) is 16.3. The Kier molecular flexibility index (Phi) is 5.40. The first-order valence-electron chi connectivity index (χ1n) is 9.02. The first-order chi connectivity index (χ1) is 14.4. The number of fused-ring (bicyclic) bond motifs is 1. The molecular weight excluding hydrogens is 427 g/mol. The topological polar surface area (TPSA) is 60.7 Å². The van der Waals surface area contributed by atoms with Gasteiger partial charge < -0.3 is 4.74 Å². The van der Waals surface area contributed by atoms with Crippen molar-refractivity contribution in [2.75, 3.05) is 7.11 Å². The molecule has 1 aliphatic rings. The molecule has 0 saturated carbocycles. The number of carbonyl (C=O) groups excluding carboxylic acids is 1. The molecule has 0 unspecified atom stereocenters. The van der Waals surface area contributed by atoms with E-state index >= 15 is 0 Å². The van der Waals surface area contributed by atoms with Crippen LogP contribution in [0.3, 0.4) is 0 Å². The molecule has 0 aliphatic carbocycles. The molecule has 3 aromatic rings. The van der Waals surface area contributed by atoms with Gasteiger partial charge in [-0.3, -0.25) is 9.36 Å². The number of methoxy groups -OCH3 is 1. The van der Waals surface area contributed by atoms with Crippen molar-refractivity contribution in [1.82, 2.24) is 4.57 Å². The predicted molar refractivity (Wildman–Crippen MR) is 114 cm³/mol. The average Bonchev–Trinajstić information content (AvgIpc) is 3.03. The van der Waals surface area contributed by atoms with E-state index < -0.39 is 17.8 Å². The van der Waals surface area contributed by atoms with Gasteiger partial charge in [0, 0.05) is 10.6 Å². The fourth-order valence-corrected chi connectivity index (χ4v) is 4.69. The van der Waals surface area contributed by atoms with Gasteiger partial charge in [0.15, 0.2) is 4.80 Å². The number of allylic oxidation sites excluding steroid dienone is 1. The lowest BCUT2D eigenvalue weighted by Gasteiger charge is -2.25. The number of benzene rings is 2. The molecule has 1 aliphatic heterocycles. The van der Waals surface area contributed by atoms with Crippen LogP contribution in [0.5, 0.6) is 0 Å². The van der Waals surface area contributed by atoms with E-state index in [-0.39, 0.29) is 11.1 Å². The Bertz CT molecular complexity index is 1370. The highest BCUT2D eigenvalue weighted by Gasteiger charge is 2.34. The minimum atomic E-state index is -0.801. The highest BCUT2D eigenvalue weighted by Crippen LogP contribution is 2.34. The second kappa shape index (κ2) is 8.01. The molecule has 0 fully saturated rings. The van der Waals surface area contributed by atoms with Crippen LogP contribution < -0.4 is 14.9 Å². The Balaban J connectivity index is 2.03. The summed E-state index contributed by atoms with van der Waals surface area (Å²) in [5.41, 5.74) is 1.15. The predicted octanol–water partition coefficient (Wildman–Crippen LogP) is 3.20. The third kappa shape index (κ3) is 3.40. The van der Waals surface area contributed by atoms with E-state index in [9.17, 15) is 14.0 Å². The van der Waals surface area contributed by atoms with E-state index in [1.54, 1.807) is 49.4 Å². The van der Waals surface area contributed by atoms with Crippen molar-refractivity contribution in [2.24, 2.45) is 4.99 Å². The van der Waals surface area contributed by atoms with Crippen LogP contribution >= 0.6 is 22.9 Å². The van der Waals surface area contributed by atoms with Gasteiger partial charge >= 0.3 is 5.97 Å². The number of carbonyl (C=O) groups is 1. The molecule has 152 valence electrons. The lowest BCUT2D eigenvalue weighted by atomic mass is 9.96. The summed E-state index contributed by atoms with van der Waals surface area (Å²) < 4.78 is 20.8. The monoisotopic (exact) mass is 442 g/mol. The second-order valence-electron chi connectivity index (χ2n) is 6.62. The minimum absolute atomic E-state index is 0.232. The fourth-order valence-electron chi connectivity index (χ4n) is 3.42. The van der Waals surface area contributed by atoms with Gasteiger partial charge in [-0.2, -0.15) is 0 Å². The van der Waals surface area contributed by atoms with Gasteiger partial charge in [0.05, 0.1) is 22.9 Å². The third-order valence-electron chi connectivity index (χ3n) is 4.82. The van der Waals surface area contributed by atoms with Gasteiger partial charge in [-0.05, 0) is 30.7 Å². The van der Waals surface area contributed by atoms with Crippen LogP contribution in [0.4, 0.5) is 4.39 Å². The minimum Gasteiger partial charge on any atom is -0.466 e. The molecule has 2 aromatic carbocycles. The van der Waals surface area contributed by atoms with Gasteiger partial charge in [-0.1, -0.05) is 59.3 Å². The summed E-state index contributed by atoms with van der Waals surface area (Å²) in [6.45, 7) is 1.68. The molecule has 0 radical (unpaired) electrons. The second-order valence-corrected chi connectivity index (χ2v) is 8.03. The molecular formula is C22H16ClFN2O3S. The summed E-state index contributed by atoms with van der Waals surface area (Å²) >= 11 is 7.55. The maximum Gasteiger partial charge on any atom is 0.338 e. The zero-order chi connectivity index (χ0) is 21.4. The number of hydrogen-bond donors (Lipinski definition) is 0. The van der Waals surface area contributed by atoms with Crippen LogP contribution in [-0.4, -0.2) is 17.6 Å². The van der Waals surface area contributed by atoms with E-state index in [4.69, 9.17) is 16.3 Å². The number of nitrogens with zero attached hydrogens (tertiary/aromatic N) is 2. The summed E-state index contributed by atoms with van der Waals surface area (Å²) in [7, 11) is 1.27. The maximum absolute atomic E-state index is 14.1. The lowest BCUT2D eigenvalue weighted by molar-refractivity contribution is -0.136. The van der Waals surface area contributed by atoms with Gasteiger partial charge in [-0.25, -0.2) is 14.2 Å². The lowest BCUT2D eigenvalue weighted by Crippen LogP contribution is -2.39. The van der Waals surface area contributed by atoms with Crippen molar-refractivity contribution in [3.8, 4) is 0 Å². The summed E-state index contributed by atoms with van der Waals surface area (Å²) in [6.07, 6.45) is 1.49. The smallest absolute Gasteiger partial charge is 0.338 e. The number of rotatable bonds is 3. The summed E-state index contributed by atoms with van der Waals surface area (Å²) in [5, 5.41) is 0.405. The Hall–Kier alpha value is -3.03. The number of thiazole rings is 1. The summed E-state index contributed by atoms with van der Waals surface area (Å²) in [5.74, 6) is -1.03. The molecule has 30 heavy (non-hydrogen) atoms. The van der Waals surface area contributed by atoms with Crippen molar-refractivity contribution < 1.29 is 13.9 Å². The maximum atomic E-state index is 14.1. The molecule has 1 atom stereocenters. The van der Waals surface area contributed by atoms with Gasteiger partial charge in [0.25, 0.3) is 5.56 Å². The third-order valence-corrected chi connectivity index (χ3v) is 6.15. The number of halogens is 2. The highest BCUT2D eigenvalue weighted by atomic mass is 35.5. The fraction of sp³-hybridized carbons (Fsp3) is 0.136. The van der Waals surface area contributed by atoms with E-state index in [0.29, 0.717) is 31.2 Å². The average molecular weight is 443 g/mol. The summed E-state index contributed by atoms with van der Waals surface area (Å²) in [6, 6.07) is 12.4. The zero-order valence-electron chi connectivity index (χ0n) is 16.1. The van der Waals surface area contributed by atoms with Crippen LogP contribution in [0.25, 0.3) is 6.08 Å². The first kappa shape index (κ1) is 20.3. The van der Waals surface area contributed by atoms with Crippen LogP contribution in [0, 0.1) is 5.82 Å². The SMILES string of the molecule is COC(=O)C1=C(C)N=c2s/c(=C\c3ccccc3F)c(=O)n2[C@H]1c1ccccc1Cl. The molecule has 1 aromatic heterocycles. The van der Waals surface area contributed by atoms with E-state index in [0.717, 1.165) is 11.3 Å². The molecule has 0 spiro atoms. The van der Waals surface area contributed by atoms with Crippen molar-refractivity contribution >= 4 is 35.0 Å². The molecule has 0 bridgehead atoms. The molecule has 0 N–H and O–H groups in total. The largest absolute Gasteiger partial charge is 0.466 e. The van der Waals surface area contributed by atoms with Crippen LogP contribution in [0.2, 0.25) is 5.02 Å². The van der Waals surface area contributed by atoms with Crippen LogP contribution in [0.1, 0.15) is 24.1 Å². The molecule has 0 saturated heterocycles. The van der Waals surface area contributed by atoms with Crippen molar-refractivity contribution in [3.05, 3.63) is 101 Å².